The van der Waals surface area contributed by atoms with Crippen LogP contribution in [0.15, 0.2) is 18.2 Å². The van der Waals surface area contributed by atoms with Gasteiger partial charge < -0.3 is 15.0 Å². The summed E-state index contributed by atoms with van der Waals surface area (Å²) < 4.78 is 5.75. The van der Waals surface area contributed by atoms with Crippen LogP contribution in [0.3, 0.4) is 0 Å². The van der Waals surface area contributed by atoms with Gasteiger partial charge in [-0.05, 0) is 38.3 Å². The predicted molar refractivity (Wildman–Crippen MR) is 76.8 cm³/mol. The number of nitrogens with one attached hydrogen (secondary N) is 1. The summed E-state index contributed by atoms with van der Waals surface area (Å²) >= 11 is 0. The van der Waals surface area contributed by atoms with Gasteiger partial charge >= 0.3 is 0 Å². The molecule has 1 aromatic rings. The molecule has 1 aliphatic carbocycles. The number of ether oxygens (including phenoxy) is 1. The Hall–Kier alpha value is -1.62. The third kappa shape index (κ3) is 2.50. The minimum Gasteiger partial charge on any atom is -0.374 e. The fourth-order valence-electron chi connectivity index (χ4n) is 3.16. The van der Waals surface area contributed by atoms with Gasteiger partial charge in [-0.2, -0.15) is 0 Å². The highest BCUT2D eigenvalue weighted by molar-refractivity contribution is 5.93. The van der Waals surface area contributed by atoms with Gasteiger partial charge in [-0.3, -0.25) is 4.79 Å². The Morgan fingerprint density at radius 1 is 1.50 bits per heavy atom. The Labute approximate surface area is 119 Å². The van der Waals surface area contributed by atoms with Crippen LogP contribution in [0, 0.1) is 0 Å². The van der Waals surface area contributed by atoms with Crippen LogP contribution in [0.2, 0.25) is 0 Å². The van der Waals surface area contributed by atoms with Crippen LogP contribution in [0.5, 0.6) is 0 Å². The van der Waals surface area contributed by atoms with Crippen LogP contribution >= 0.6 is 0 Å². The smallest absolute Gasteiger partial charge is 0.272 e. The van der Waals surface area contributed by atoms with Crippen molar-refractivity contribution >= 4 is 11.7 Å². The molecule has 1 N–H and O–H groups in total. The molecule has 108 valence electrons. The maximum atomic E-state index is 12.7. The van der Waals surface area contributed by atoms with Crippen molar-refractivity contribution in [2.24, 2.45) is 0 Å². The van der Waals surface area contributed by atoms with Crippen molar-refractivity contribution in [3.63, 3.8) is 0 Å². The zero-order chi connectivity index (χ0) is 13.9. The van der Waals surface area contributed by atoms with E-state index in [1.165, 1.54) is 0 Å². The van der Waals surface area contributed by atoms with E-state index < -0.39 is 0 Å². The lowest BCUT2D eigenvalue weighted by Crippen LogP contribution is -2.51. The molecule has 1 aliphatic heterocycles. The molecule has 1 amide bonds. The van der Waals surface area contributed by atoms with Crippen molar-refractivity contribution in [3.05, 3.63) is 23.9 Å². The number of fused-ring (bicyclic) bond motifs is 1. The molecule has 2 heterocycles. The second-order valence-corrected chi connectivity index (χ2v) is 5.34. The zero-order valence-electron chi connectivity index (χ0n) is 11.8. The Bertz CT molecular complexity index is 492. The molecule has 1 aromatic heterocycles. The lowest BCUT2D eigenvalue weighted by atomic mass is 10.1. The molecule has 5 heteroatoms. The Morgan fingerprint density at radius 2 is 2.40 bits per heavy atom. The van der Waals surface area contributed by atoms with Crippen LogP contribution < -0.4 is 5.32 Å². The highest BCUT2D eigenvalue weighted by Gasteiger charge is 2.38. The second-order valence-electron chi connectivity index (χ2n) is 5.34. The van der Waals surface area contributed by atoms with Crippen LogP contribution in [0.4, 0.5) is 5.82 Å². The number of hydrogen-bond acceptors (Lipinski definition) is 4. The van der Waals surface area contributed by atoms with Gasteiger partial charge in [-0.25, -0.2) is 4.98 Å². The number of carbonyl (C=O) groups is 1. The summed E-state index contributed by atoms with van der Waals surface area (Å²) in [7, 11) is 0. The molecule has 2 fully saturated rings. The Morgan fingerprint density at radius 3 is 3.25 bits per heavy atom. The van der Waals surface area contributed by atoms with Crippen molar-refractivity contribution in [1.29, 1.82) is 0 Å². The number of pyridine rings is 1. The van der Waals surface area contributed by atoms with E-state index in [-0.39, 0.29) is 18.1 Å². The summed E-state index contributed by atoms with van der Waals surface area (Å²) in [6, 6.07) is 5.80. The molecule has 0 radical (unpaired) electrons. The monoisotopic (exact) mass is 275 g/mol. The van der Waals surface area contributed by atoms with Crippen molar-refractivity contribution in [1.82, 2.24) is 9.88 Å². The number of carbonyl (C=O) groups excluding carboxylic acids is 1. The molecule has 1 saturated heterocycles. The highest BCUT2D eigenvalue weighted by Crippen LogP contribution is 2.30. The number of rotatable bonds is 3. The van der Waals surface area contributed by atoms with E-state index in [0.717, 1.165) is 31.6 Å². The van der Waals surface area contributed by atoms with Gasteiger partial charge in [0.25, 0.3) is 5.91 Å². The Kier molecular flexibility index (Phi) is 3.87. The van der Waals surface area contributed by atoms with Crippen LogP contribution in [-0.2, 0) is 4.74 Å². The largest absolute Gasteiger partial charge is 0.374 e. The van der Waals surface area contributed by atoms with E-state index in [4.69, 9.17) is 4.74 Å². The lowest BCUT2D eigenvalue weighted by molar-refractivity contribution is -0.0447. The second kappa shape index (κ2) is 5.79. The summed E-state index contributed by atoms with van der Waals surface area (Å²) in [5, 5.41) is 3.15. The van der Waals surface area contributed by atoms with Crippen molar-refractivity contribution < 1.29 is 9.53 Å². The maximum absolute atomic E-state index is 12.7. The number of morpholine rings is 1. The van der Waals surface area contributed by atoms with E-state index in [9.17, 15) is 4.79 Å². The molecular weight excluding hydrogens is 254 g/mol. The molecule has 3 rings (SSSR count). The first-order valence-corrected chi connectivity index (χ1v) is 7.43. The van der Waals surface area contributed by atoms with E-state index in [1.54, 1.807) is 6.07 Å². The van der Waals surface area contributed by atoms with Gasteiger partial charge in [-0.15, -0.1) is 0 Å². The third-order valence-electron chi connectivity index (χ3n) is 4.07. The lowest BCUT2D eigenvalue weighted by Gasteiger charge is -2.37. The molecule has 20 heavy (non-hydrogen) atoms. The van der Waals surface area contributed by atoms with Crippen LogP contribution in [0.25, 0.3) is 0 Å². The molecule has 1 saturated carbocycles. The van der Waals surface area contributed by atoms with Crippen LogP contribution in [0.1, 0.15) is 36.7 Å². The minimum absolute atomic E-state index is 0.0324. The van der Waals surface area contributed by atoms with E-state index in [0.29, 0.717) is 18.8 Å². The summed E-state index contributed by atoms with van der Waals surface area (Å²) in [4.78, 5) is 19.0. The number of anilines is 1. The molecular formula is C15H21N3O2. The van der Waals surface area contributed by atoms with Crippen molar-refractivity contribution in [2.45, 2.75) is 38.3 Å². The fraction of sp³-hybridized carbons (Fsp3) is 0.600. The summed E-state index contributed by atoms with van der Waals surface area (Å²) in [6.45, 7) is 4.13. The van der Waals surface area contributed by atoms with Gasteiger partial charge in [0.2, 0.25) is 0 Å². The summed E-state index contributed by atoms with van der Waals surface area (Å²) in [5.74, 6) is 0.791. The molecule has 2 aliphatic rings. The number of aromatic nitrogens is 1. The fourth-order valence-corrected chi connectivity index (χ4v) is 3.16. The SMILES string of the molecule is CCNc1cccc(C(=O)N2CCOC3CCCC32)n1. The average Bonchev–Trinajstić information content (AvgIpc) is 2.95. The van der Waals surface area contributed by atoms with E-state index in [2.05, 4.69) is 10.3 Å². The van der Waals surface area contributed by atoms with Gasteiger partial charge in [0, 0.05) is 13.1 Å². The number of nitrogens with zero attached hydrogens (tertiary/aromatic N) is 2. The zero-order valence-corrected chi connectivity index (χ0v) is 11.8. The normalized spacial score (nSPS) is 25.4. The maximum Gasteiger partial charge on any atom is 0.272 e. The van der Waals surface area contributed by atoms with Crippen LogP contribution in [-0.4, -0.2) is 47.6 Å². The van der Waals surface area contributed by atoms with Gasteiger partial charge in [0.1, 0.15) is 11.5 Å². The molecule has 2 unspecified atom stereocenters. The molecule has 0 bridgehead atoms. The molecule has 0 aromatic carbocycles. The molecule has 0 spiro atoms. The first-order chi connectivity index (χ1) is 9.79. The van der Waals surface area contributed by atoms with Gasteiger partial charge in [-0.1, -0.05) is 6.07 Å². The highest BCUT2D eigenvalue weighted by atomic mass is 16.5. The number of hydrogen-bond donors (Lipinski definition) is 1. The summed E-state index contributed by atoms with van der Waals surface area (Å²) in [6.07, 6.45) is 3.48. The predicted octanol–water partition coefficient (Wildman–Crippen LogP) is 1.91. The quantitative estimate of drug-likeness (QED) is 0.915. The van der Waals surface area contributed by atoms with Crippen molar-refractivity contribution in [3.8, 4) is 0 Å². The van der Waals surface area contributed by atoms with E-state index >= 15 is 0 Å². The van der Waals surface area contributed by atoms with Gasteiger partial charge in [0.05, 0.1) is 18.8 Å². The topological polar surface area (TPSA) is 54.5 Å². The summed E-state index contributed by atoms with van der Waals surface area (Å²) in [5.41, 5.74) is 0.524. The standard InChI is InChI=1S/C15H21N3O2/c1-2-16-14-8-3-5-11(17-14)15(19)18-9-10-20-13-7-4-6-12(13)18/h3,5,8,12-13H,2,4,6-7,9-10H2,1H3,(H,16,17). The molecule has 2 atom stereocenters. The average molecular weight is 275 g/mol. The van der Waals surface area contributed by atoms with Crippen molar-refractivity contribution in [2.75, 3.05) is 25.0 Å². The molecule has 5 nitrogen and oxygen atoms in total. The first-order valence-electron chi connectivity index (χ1n) is 7.43. The first kappa shape index (κ1) is 13.4. The van der Waals surface area contributed by atoms with E-state index in [1.807, 2.05) is 24.0 Å². The third-order valence-corrected chi connectivity index (χ3v) is 4.07. The minimum atomic E-state index is 0.0324. The Balaban J connectivity index is 1.79. The van der Waals surface area contributed by atoms with Gasteiger partial charge in [0.15, 0.2) is 0 Å². The number of amides is 1.